The zero-order valence-electron chi connectivity index (χ0n) is 9.50. The standard InChI is InChI=1S/C11H16N2O2S2/c14-17(15,11-2-1-7-16-11)13-6-4-10-9(8-13)3-5-12-10/h1-2,7,9-10,12H,3-6,8H2. The molecule has 0 radical (unpaired) electrons. The van der Waals surface area contributed by atoms with Gasteiger partial charge in [0.25, 0.3) is 10.0 Å². The minimum Gasteiger partial charge on any atom is -0.314 e. The fourth-order valence-corrected chi connectivity index (χ4v) is 5.43. The van der Waals surface area contributed by atoms with E-state index in [-0.39, 0.29) is 0 Å². The zero-order chi connectivity index (χ0) is 11.9. The zero-order valence-corrected chi connectivity index (χ0v) is 11.1. The van der Waals surface area contributed by atoms with Crippen LogP contribution in [0.15, 0.2) is 21.7 Å². The first kappa shape index (κ1) is 11.6. The molecule has 0 spiro atoms. The molecule has 1 aromatic heterocycles. The van der Waals surface area contributed by atoms with Crippen LogP contribution in [0.5, 0.6) is 0 Å². The van der Waals surface area contributed by atoms with Crippen molar-refractivity contribution < 1.29 is 8.42 Å². The molecule has 0 amide bonds. The van der Waals surface area contributed by atoms with Crippen LogP contribution in [0.1, 0.15) is 12.8 Å². The molecule has 94 valence electrons. The lowest BCUT2D eigenvalue weighted by molar-refractivity contribution is 0.247. The Hall–Kier alpha value is -0.430. The number of nitrogens with one attached hydrogen (secondary N) is 1. The van der Waals surface area contributed by atoms with Crippen LogP contribution in [0.25, 0.3) is 0 Å². The first-order chi connectivity index (χ1) is 8.18. The molecule has 4 nitrogen and oxygen atoms in total. The molecule has 0 bridgehead atoms. The number of piperidine rings is 1. The molecular weight excluding hydrogens is 256 g/mol. The van der Waals surface area contributed by atoms with Gasteiger partial charge in [0.05, 0.1) is 0 Å². The molecular formula is C11H16N2O2S2. The van der Waals surface area contributed by atoms with Gasteiger partial charge in [-0.15, -0.1) is 11.3 Å². The summed E-state index contributed by atoms with van der Waals surface area (Å²) in [5.74, 6) is 0.499. The molecule has 3 rings (SSSR count). The van der Waals surface area contributed by atoms with E-state index in [1.807, 2.05) is 5.38 Å². The number of sulfonamides is 1. The summed E-state index contributed by atoms with van der Waals surface area (Å²) in [5.41, 5.74) is 0. The molecule has 0 aliphatic carbocycles. The summed E-state index contributed by atoms with van der Waals surface area (Å²) in [5, 5.41) is 5.26. The molecule has 0 aromatic carbocycles. The third-order valence-electron chi connectivity index (χ3n) is 3.71. The second-order valence-electron chi connectivity index (χ2n) is 4.69. The summed E-state index contributed by atoms with van der Waals surface area (Å²) in [4.78, 5) is 0. The van der Waals surface area contributed by atoms with Crippen molar-refractivity contribution in [3.63, 3.8) is 0 Å². The van der Waals surface area contributed by atoms with Crippen LogP contribution >= 0.6 is 11.3 Å². The minimum absolute atomic E-state index is 0.474. The predicted molar refractivity (Wildman–Crippen MR) is 67.6 cm³/mol. The van der Waals surface area contributed by atoms with Crippen molar-refractivity contribution in [2.24, 2.45) is 5.92 Å². The van der Waals surface area contributed by atoms with E-state index in [1.54, 1.807) is 16.4 Å². The molecule has 6 heteroatoms. The van der Waals surface area contributed by atoms with Crippen molar-refractivity contribution in [3.05, 3.63) is 17.5 Å². The second kappa shape index (κ2) is 4.35. The molecule has 2 saturated heterocycles. The van der Waals surface area contributed by atoms with E-state index >= 15 is 0 Å². The van der Waals surface area contributed by atoms with E-state index in [1.165, 1.54) is 11.3 Å². The van der Waals surface area contributed by atoms with Gasteiger partial charge >= 0.3 is 0 Å². The maximum Gasteiger partial charge on any atom is 0.252 e. The molecule has 2 fully saturated rings. The van der Waals surface area contributed by atoms with Crippen molar-refractivity contribution in [2.45, 2.75) is 23.1 Å². The maximum absolute atomic E-state index is 12.4. The smallest absolute Gasteiger partial charge is 0.252 e. The predicted octanol–water partition coefficient (Wildman–Crippen LogP) is 1.12. The molecule has 2 aliphatic heterocycles. The number of hydrogen-bond donors (Lipinski definition) is 1. The van der Waals surface area contributed by atoms with Crippen LogP contribution in [0, 0.1) is 5.92 Å². The topological polar surface area (TPSA) is 49.4 Å². The molecule has 2 unspecified atom stereocenters. The molecule has 0 saturated carbocycles. The summed E-state index contributed by atoms with van der Waals surface area (Å²) in [6.07, 6.45) is 2.04. The van der Waals surface area contributed by atoms with E-state index in [2.05, 4.69) is 5.32 Å². The Morgan fingerprint density at radius 2 is 2.29 bits per heavy atom. The maximum atomic E-state index is 12.4. The van der Waals surface area contributed by atoms with E-state index < -0.39 is 10.0 Å². The van der Waals surface area contributed by atoms with Crippen LogP contribution in [0.2, 0.25) is 0 Å². The number of hydrogen-bond acceptors (Lipinski definition) is 4. The van der Waals surface area contributed by atoms with Gasteiger partial charge < -0.3 is 5.32 Å². The molecule has 3 heterocycles. The van der Waals surface area contributed by atoms with Crippen LogP contribution in [-0.4, -0.2) is 38.4 Å². The first-order valence-corrected chi connectivity index (χ1v) is 8.27. The Morgan fingerprint density at radius 3 is 3.06 bits per heavy atom. The molecule has 17 heavy (non-hydrogen) atoms. The minimum atomic E-state index is -3.23. The van der Waals surface area contributed by atoms with Gasteiger partial charge in [0.15, 0.2) is 0 Å². The fourth-order valence-electron chi connectivity index (χ4n) is 2.77. The summed E-state index contributed by atoms with van der Waals surface area (Å²) in [6.45, 7) is 2.36. The highest BCUT2D eigenvalue weighted by atomic mass is 32.2. The summed E-state index contributed by atoms with van der Waals surface area (Å²) in [7, 11) is -3.23. The average molecular weight is 272 g/mol. The van der Waals surface area contributed by atoms with Gasteiger partial charge in [-0.3, -0.25) is 0 Å². The Morgan fingerprint density at radius 1 is 1.41 bits per heavy atom. The van der Waals surface area contributed by atoms with E-state index in [4.69, 9.17) is 0 Å². The Kier molecular flexibility index (Phi) is 2.98. The molecule has 1 aromatic rings. The summed E-state index contributed by atoms with van der Waals surface area (Å²) < 4.78 is 26.8. The van der Waals surface area contributed by atoms with Gasteiger partial charge in [0.1, 0.15) is 4.21 Å². The van der Waals surface area contributed by atoms with Gasteiger partial charge in [-0.25, -0.2) is 8.42 Å². The van der Waals surface area contributed by atoms with E-state index in [0.29, 0.717) is 29.3 Å². The number of thiophene rings is 1. The van der Waals surface area contributed by atoms with Crippen molar-refractivity contribution in [3.8, 4) is 0 Å². The first-order valence-electron chi connectivity index (χ1n) is 5.95. The highest BCUT2D eigenvalue weighted by Gasteiger charge is 2.37. The molecule has 2 aliphatic rings. The van der Waals surface area contributed by atoms with Crippen LogP contribution < -0.4 is 5.32 Å². The van der Waals surface area contributed by atoms with Crippen LogP contribution in [-0.2, 0) is 10.0 Å². The molecule has 2 atom stereocenters. The van der Waals surface area contributed by atoms with Crippen molar-refractivity contribution >= 4 is 21.4 Å². The summed E-state index contributed by atoms with van der Waals surface area (Å²) >= 11 is 1.30. The largest absolute Gasteiger partial charge is 0.314 e. The van der Waals surface area contributed by atoms with Gasteiger partial charge in [-0.1, -0.05) is 6.07 Å². The van der Waals surface area contributed by atoms with E-state index in [0.717, 1.165) is 19.4 Å². The van der Waals surface area contributed by atoms with Gasteiger partial charge in [-0.2, -0.15) is 4.31 Å². The number of rotatable bonds is 2. The highest BCUT2D eigenvalue weighted by Crippen LogP contribution is 2.29. The van der Waals surface area contributed by atoms with E-state index in [9.17, 15) is 8.42 Å². The monoisotopic (exact) mass is 272 g/mol. The Labute approximate surface area is 106 Å². The van der Waals surface area contributed by atoms with Crippen molar-refractivity contribution in [1.29, 1.82) is 0 Å². The number of nitrogens with zero attached hydrogens (tertiary/aromatic N) is 1. The van der Waals surface area contributed by atoms with Crippen molar-refractivity contribution in [2.75, 3.05) is 19.6 Å². The Balaban J connectivity index is 1.81. The Bertz CT molecular complexity index is 484. The third kappa shape index (κ3) is 2.03. The van der Waals surface area contributed by atoms with Gasteiger partial charge in [0.2, 0.25) is 0 Å². The van der Waals surface area contributed by atoms with Gasteiger partial charge in [0, 0.05) is 19.1 Å². The lowest BCUT2D eigenvalue weighted by Crippen LogP contribution is -2.46. The average Bonchev–Trinajstić information content (AvgIpc) is 2.99. The van der Waals surface area contributed by atoms with Gasteiger partial charge in [-0.05, 0) is 36.8 Å². The third-order valence-corrected chi connectivity index (χ3v) is 6.95. The normalized spacial score (nSPS) is 30.4. The number of fused-ring (bicyclic) bond motifs is 1. The fraction of sp³-hybridized carbons (Fsp3) is 0.636. The highest BCUT2D eigenvalue weighted by molar-refractivity contribution is 7.91. The quantitative estimate of drug-likeness (QED) is 0.878. The summed E-state index contributed by atoms with van der Waals surface area (Å²) in [6, 6.07) is 4.02. The van der Waals surface area contributed by atoms with Crippen LogP contribution in [0.4, 0.5) is 0 Å². The SMILES string of the molecule is O=S(=O)(c1cccs1)N1CCC2NCCC2C1. The lowest BCUT2D eigenvalue weighted by Gasteiger charge is -2.33. The van der Waals surface area contributed by atoms with Crippen molar-refractivity contribution in [1.82, 2.24) is 9.62 Å². The lowest BCUT2D eigenvalue weighted by atomic mass is 9.95. The second-order valence-corrected chi connectivity index (χ2v) is 7.81. The van der Waals surface area contributed by atoms with Crippen LogP contribution in [0.3, 0.4) is 0 Å². The molecule has 1 N–H and O–H groups in total.